The van der Waals surface area contributed by atoms with Gasteiger partial charge in [-0.2, -0.15) is 0 Å². The number of nitrogens with zero attached hydrogens (tertiary/aromatic N) is 1. The maximum absolute atomic E-state index is 3.92. The van der Waals surface area contributed by atoms with Crippen molar-refractivity contribution in [2.75, 3.05) is 0 Å². The van der Waals surface area contributed by atoms with E-state index >= 15 is 0 Å². The molecule has 0 saturated carbocycles. The van der Waals surface area contributed by atoms with E-state index in [9.17, 15) is 0 Å². The smallest absolute Gasteiger partial charge is 0.0356 e. The van der Waals surface area contributed by atoms with Crippen molar-refractivity contribution >= 4 is 28.8 Å². The maximum Gasteiger partial charge on any atom is 0.0356 e. The molecule has 38 valence electrons. The fraction of sp³-hybridized carbons (Fsp3) is 0.400. The van der Waals surface area contributed by atoms with Crippen molar-refractivity contribution in [3.05, 3.63) is 12.3 Å². The van der Waals surface area contributed by atoms with Gasteiger partial charge in [0.25, 0.3) is 0 Å². The molecule has 0 N–H and O–H groups in total. The third-order valence-corrected chi connectivity index (χ3v) is 1.74. The molecule has 1 rings (SSSR count). The second-order valence-corrected chi connectivity index (χ2v) is 3.02. The summed E-state index contributed by atoms with van der Waals surface area (Å²) in [5.41, 5.74) is 0. The highest BCUT2D eigenvalue weighted by Gasteiger charge is 1.96. The summed E-state index contributed by atoms with van der Waals surface area (Å²) >= 11 is 2.38. The van der Waals surface area contributed by atoms with Gasteiger partial charge in [0, 0.05) is 16.3 Å². The predicted octanol–water partition coefficient (Wildman–Crippen LogP) is 1.78. The normalized spacial score (nSPS) is 28.4. The predicted molar refractivity (Wildman–Crippen MR) is 40.1 cm³/mol. The number of hydrogen-bond acceptors (Lipinski definition) is 1. The summed E-state index contributed by atoms with van der Waals surface area (Å²) < 4.78 is 0.676. The molecule has 1 nitrogen and oxygen atoms in total. The molecule has 0 radical (unpaired) electrons. The minimum atomic E-state index is 0.676. The molecule has 0 aromatic carbocycles. The molecule has 0 spiro atoms. The highest BCUT2D eigenvalue weighted by Crippen LogP contribution is 2.08. The van der Waals surface area contributed by atoms with Crippen LogP contribution in [-0.4, -0.2) is 10.1 Å². The van der Waals surface area contributed by atoms with E-state index in [1.165, 1.54) is 0 Å². The monoisotopic (exact) mass is 207 g/mol. The van der Waals surface area contributed by atoms with Crippen LogP contribution in [0.5, 0.6) is 0 Å². The van der Waals surface area contributed by atoms with E-state index in [2.05, 4.69) is 33.7 Å². The third-order valence-electron chi connectivity index (χ3n) is 0.817. The molecule has 2 heteroatoms. The summed E-state index contributed by atoms with van der Waals surface area (Å²) in [5, 5.41) is 0. The van der Waals surface area contributed by atoms with Gasteiger partial charge >= 0.3 is 0 Å². The second-order valence-electron chi connectivity index (χ2n) is 1.42. The van der Waals surface area contributed by atoms with Gasteiger partial charge in [-0.3, -0.25) is 4.99 Å². The lowest BCUT2D eigenvalue weighted by atomic mass is 10.3. The van der Waals surface area contributed by atoms with E-state index in [1.54, 1.807) is 0 Å². The van der Waals surface area contributed by atoms with Gasteiger partial charge in [-0.25, -0.2) is 0 Å². The number of halogens is 1. The fourth-order valence-electron chi connectivity index (χ4n) is 0.444. The molecule has 7 heavy (non-hydrogen) atoms. The number of alkyl halides is 1. The van der Waals surface area contributed by atoms with Crippen LogP contribution in [0.3, 0.4) is 0 Å². The number of aliphatic imine (C=N–C) groups is 1. The number of hydrogen-bond donors (Lipinski definition) is 0. The van der Waals surface area contributed by atoms with Crippen LogP contribution in [0.15, 0.2) is 17.3 Å². The molecule has 0 saturated heterocycles. The average Bonchev–Trinajstić information content (AvgIpc) is 1.69. The van der Waals surface area contributed by atoms with Gasteiger partial charge in [0.2, 0.25) is 0 Å². The van der Waals surface area contributed by atoms with Crippen LogP contribution in [0.2, 0.25) is 0 Å². The molecular formula is C5H6IN. The zero-order chi connectivity index (χ0) is 5.11. The second kappa shape index (κ2) is 2.45. The SMILES string of the molecule is IC1C=CN=CC1. The lowest BCUT2D eigenvalue weighted by Crippen LogP contribution is -1.95. The van der Waals surface area contributed by atoms with Crippen molar-refractivity contribution < 1.29 is 0 Å². The zero-order valence-corrected chi connectivity index (χ0v) is 6.00. The van der Waals surface area contributed by atoms with Crippen molar-refractivity contribution in [3.63, 3.8) is 0 Å². The van der Waals surface area contributed by atoms with Crippen LogP contribution < -0.4 is 0 Å². The van der Waals surface area contributed by atoms with E-state index in [1.807, 2.05) is 12.4 Å². The van der Waals surface area contributed by atoms with E-state index in [4.69, 9.17) is 0 Å². The Kier molecular flexibility index (Phi) is 1.85. The van der Waals surface area contributed by atoms with Gasteiger partial charge in [-0.1, -0.05) is 28.7 Å². The average molecular weight is 207 g/mol. The Morgan fingerprint density at radius 2 is 2.57 bits per heavy atom. The van der Waals surface area contributed by atoms with Gasteiger partial charge in [-0.15, -0.1) is 0 Å². The van der Waals surface area contributed by atoms with Crippen molar-refractivity contribution in [3.8, 4) is 0 Å². The molecule has 0 fully saturated rings. The van der Waals surface area contributed by atoms with Crippen LogP contribution >= 0.6 is 22.6 Å². The van der Waals surface area contributed by atoms with Crippen LogP contribution in [0.25, 0.3) is 0 Å². The van der Waals surface area contributed by atoms with Crippen molar-refractivity contribution in [1.29, 1.82) is 0 Å². The van der Waals surface area contributed by atoms with Crippen molar-refractivity contribution in [1.82, 2.24) is 0 Å². The van der Waals surface area contributed by atoms with Crippen LogP contribution in [0, 0.1) is 0 Å². The largest absolute Gasteiger partial charge is 0.269 e. The molecule has 0 aromatic heterocycles. The fourth-order valence-corrected chi connectivity index (χ4v) is 0.857. The summed E-state index contributed by atoms with van der Waals surface area (Å²) in [5.74, 6) is 0. The quantitative estimate of drug-likeness (QED) is 0.424. The summed E-state index contributed by atoms with van der Waals surface area (Å²) in [4.78, 5) is 3.92. The topological polar surface area (TPSA) is 12.4 Å². The van der Waals surface area contributed by atoms with E-state index in [0.717, 1.165) is 6.42 Å². The van der Waals surface area contributed by atoms with Crippen molar-refractivity contribution in [2.45, 2.75) is 10.3 Å². The maximum atomic E-state index is 3.92. The summed E-state index contributed by atoms with van der Waals surface area (Å²) in [6.07, 6.45) is 6.98. The molecule has 1 unspecified atom stereocenters. The van der Waals surface area contributed by atoms with E-state index < -0.39 is 0 Å². The summed E-state index contributed by atoms with van der Waals surface area (Å²) in [6, 6.07) is 0. The lowest BCUT2D eigenvalue weighted by molar-refractivity contribution is 1.14. The van der Waals surface area contributed by atoms with Gasteiger partial charge in [0.05, 0.1) is 0 Å². The first-order valence-corrected chi connectivity index (χ1v) is 3.46. The molecule has 1 aliphatic rings. The minimum absolute atomic E-state index is 0.676. The third kappa shape index (κ3) is 1.59. The molecule has 1 heterocycles. The van der Waals surface area contributed by atoms with Crippen LogP contribution in [0.4, 0.5) is 0 Å². The molecule has 0 aromatic rings. The van der Waals surface area contributed by atoms with Crippen LogP contribution in [0.1, 0.15) is 6.42 Å². The summed E-state index contributed by atoms with van der Waals surface area (Å²) in [7, 11) is 0. The molecule has 0 aliphatic carbocycles. The Hall–Kier alpha value is 0.140. The van der Waals surface area contributed by atoms with Gasteiger partial charge in [0.1, 0.15) is 0 Å². The Balaban J connectivity index is 2.49. The highest BCUT2D eigenvalue weighted by molar-refractivity contribution is 14.1. The number of allylic oxidation sites excluding steroid dienone is 1. The first kappa shape index (κ1) is 5.28. The molecule has 0 bridgehead atoms. The minimum Gasteiger partial charge on any atom is -0.269 e. The zero-order valence-electron chi connectivity index (χ0n) is 3.84. The summed E-state index contributed by atoms with van der Waals surface area (Å²) in [6.45, 7) is 0. The highest BCUT2D eigenvalue weighted by atomic mass is 127. The Morgan fingerprint density at radius 1 is 1.71 bits per heavy atom. The first-order chi connectivity index (χ1) is 3.39. The standard InChI is InChI=1S/C5H6IN/c6-5-1-3-7-4-2-5/h1,3-5H,2H2. The molecular weight excluding hydrogens is 201 g/mol. The molecule has 0 amide bonds. The van der Waals surface area contributed by atoms with Gasteiger partial charge < -0.3 is 0 Å². The molecule has 1 aliphatic heterocycles. The van der Waals surface area contributed by atoms with Gasteiger partial charge in [0.15, 0.2) is 0 Å². The van der Waals surface area contributed by atoms with E-state index in [0.29, 0.717) is 3.92 Å². The van der Waals surface area contributed by atoms with Crippen LogP contribution in [-0.2, 0) is 0 Å². The number of rotatable bonds is 0. The lowest BCUT2D eigenvalue weighted by Gasteiger charge is -1.99. The Labute approximate surface area is 56.7 Å². The first-order valence-electron chi connectivity index (χ1n) is 2.22. The van der Waals surface area contributed by atoms with Gasteiger partial charge in [-0.05, 0) is 6.42 Å². The van der Waals surface area contributed by atoms with Crippen molar-refractivity contribution in [2.24, 2.45) is 4.99 Å². The molecule has 1 atom stereocenters. The Bertz CT molecular complexity index is 107. The van der Waals surface area contributed by atoms with E-state index in [-0.39, 0.29) is 0 Å². The Morgan fingerprint density at radius 3 is 2.86 bits per heavy atom.